The highest BCUT2D eigenvalue weighted by Gasteiger charge is 2.81. The van der Waals surface area contributed by atoms with Gasteiger partial charge in [0.15, 0.2) is 0 Å². The monoisotopic (exact) mass is 530 g/mol. The summed E-state index contributed by atoms with van der Waals surface area (Å²) < 4.78 is 12.1. The third-order valence-corrected chi connectivity index (χ3v) is 14.6. The third-order valence-electron chi connectivity index (χ3n) is 14.6. The van der Waals surface area contributed by atoms with Gasteiger partial charge in [0.1, 0.15) is 17.3 Å². The van der Waals surface area contributed by atoms with E-state index in [1.54, 1.807) is 6.92 Å². The average molecular weight is 531 g/mol. The molecule has 2 N–H and O–H groups in total. The number of aliphatic hydroxyl groups excluding tert-OH is 1. The van der Waals surface area contributed by atoms with Crippen LogP contribution in [0.15, 0.2) is 0 Å². The summed E-state index contributed by atoms with van der Waals surface area (Å²) in [4.78, 5) is 25.4. The summed E-state index contributed by atoms with van der Waals surface area (Å²) in [6.07, 6.45) is 9.67. The van der Waals surface area contributed by atoms with Gasteiger partial charge in [0.2, 0.25) is 0 Å². The number of fused-ring (bicyclic) bond motifs is 5. The van der Waals surface area contributed by atoms with Crippen LogP contribution in [0.25, 0.3) is 0 Å². The Labute approximate surface area is 228 Å². The number of hydrogen-bond acceptors (Lipinski definition) is 6. The fraction of sp³-hybridized carbons (Fsp3) is 0.938. The minimum atomic E-state index is -1.44. The molecule has 6 rings (SSSR count). The van der Waals surface area contributed by atoms with Gasteiger partial charge >= 0.3 is 11.9 Å². The van der Waals surface area contributed by atoms with Crippen LogP contribution in [0, 0.1) is 50.7 Å². The summed E-state index contributed by atoms with van der Waals surface area (Å²) in [7, 11) is 0. The predicted octanol–water partition coefficient (Wildman–Crippen LogP) is 5.42. The fourth-order valence-corrected chi connectivity index (χ4v) is 12.6. The second kappa shape index (κ2) is 7.78. The molecule has 0 spiro atoms. The molecule has 0 aromatic carbocycles. The number of rotatable bonds is 3. The van der Waals surface area contributed by atoms with Crippen molar-refractivity contribution >= 4 is 11.9 Å². The Balaban J connectivity index is 1.39. The summed E-state index contributed by atoms with van der Waals surface area (Å²) in [5.41, 5.74) is -2.68. The van der Waals surface area contributed by atoms with Gasteiger partial charge in [0.25, 0.3) is 0 Å². The topological polar surface area (TPSA) is 93.1 Å². The molecule has 0 unspecified atom stereocenters. The molecule has 0 radical (unpaired) electrons. The quantitative estimate of drug-likeness (QED) is 0.473. The SMILES string of the molecule is CC(=O)O[C@@H]1CC[C@@]2(C)[C@H](CC[C@]3(C)[C@H]2CC[C@@H]2[C@@H]4[C@@]5(CC[C@@]23C)CC[C@]4([C@](C)(O)CO)OC5=O)C1(C)C. The maximum atomic E-state index is 13.5. The smallest absolute Gasteiger partial charge is 0.313 e. The van der Waals surface area contributed by atoms with Crippen LogP contribution in [-0.2, 0) is 19.1 Å². The molecule has 5 saturated carbocycles. The highest BCUT2D eigenvalue weighted by atomic mass is 16.6. The first-order valence-electron chi connectivity index (χ1n) is 15.3. The Morgan fingerprint density at radius 3 is 2.26 bits per heavy atom. The minimum absolute atomic E-state index is 0.0262. The van der Waals surface area contributed by atoms with Gasteiger partial charge in [-0.2, -0.15) is 0 Å². The molecule has 0 aromatic rings. The van der Waals surface area contributed by atoms with E-state index in [4.69, 9.17) is 9.47 Å². The van der Waals surface area contributed by atoms with Crippen LogP contribution in [0.5, 0.6) is 0 Å². The Hall–Kier alpha value is -1.14. The number of hydrogen-bond donors (Lipinski definition) is 2. The van der Waals surface area contributed by atoms with Gasteiger partial charge in [-0.15, -0.1) is 0 Å². The fourth-order valence-electron chi connectivity index (χ4n) is 12.6. The number of esters is 2. The molecular weight excluding hydrogens is 480 g/mol. The van der Waals surface area contributed by atoms with Gasteiger partial charge in [-0.05, 0) is 105 Å². The zero-order valence-electron chi connectivity index (χ0n) is 24.7. The molecule has 5 aliphatic carbocycles. The molecule has 6 heteroatoms. The highest BCUT2D eigenvalue weighted by Crippen LogP contribution is 2.80. The Kier molecular flexibility index (Phi) is 5.54. The van der Waals surface area contributed by atoms with E-state index in [-0.39, 0.29) is 51.5 Å². The van der Waals surface area contributed by atoms with E-state index >= 15 is 0 Å². The van der Waals surface area contributed by atoms with Gasteiger partial charge in [-0.1, -0.05) is 34.6 Å². The summed E-state index contributed by atoms with van der Waals surface area (Å²) in [5, 5.41) is 21.8. The number of carbonyl (C=O) groups is 2. The summed E-state index contributed by atoms with van der Waals surface area (Å²) >= 11 is 0. The molecule has 1 saturated heterocycles. The van der Waals surface area contributed by atoms with Gasteiger partial charge in [-0.25, -0.2) is 0 Å². The van der Waals surface area contributed by atoms with E-state index in [2.05, 4.69) is 34.6 Å². The first-order valence-corrected chi connectivity index (χ1v) is 15.3. The van der Waals surface area contributed by atoms with Crippen LogP contribution in [0.3, 0.4) is 0 Å². The molecule has 0 amide bonds. The first kappa shape index (κ1) is 27.1. The van der Waals surface area contributed by atoms with Crippen LogP contribution in [0.4, 0.5) is 0 Å². The van der Waals surface area contributed by atoms with Crippen molar-refractivity contribution in [2.45, 2.75) is 130 Å². The van der Waals surface area contributed by atoms with Crippen molar-refractivity contribution in [3.8, 4) is 0 Å². The van der Waals surface area contributed by atoms with Crippen molar-refractivity contribution in [1.29, 1.82) is 0 Å². The standard InChI is InChI=1S/C32H50O6/c1-19(34)37-23-11-12-27(4)21(26(23,2)3)10-13-29(6)22(27)9-8-20-24-31(15-14-28(20,29)5)16-17-32(24,38-25(31)35)30(7,36)18-33/h20-24,33,36H,8-18H2,1-7H3/t20-,21-,22+,23-,24-,27+,28+,29-,30-,31-,32+/m1/s1. The van der Waals surface area contributed by atoms with E-state index < -0.39 is 23.2 Å². The molecule has 6 aliphatic rings. The van der Waals surface area contributed by atoms with Gasteiger partial charge in [-0.3, -0.25) is 9.59 Å². The normalized spacial score (nSPS) is 54.0. The lowest BCUT2D eigenvalue weighted by atomic mass is 9.32. The predicted molar refractivity (Wildman–Crippen MR) is 143 cm³/mol. The Morgan fingerprint density at radius 2 is 1.63 bits per heavy atom. The lowest BCUT2D eigenvalue weighted by Crippen LogP contribution is -2.68. The van der Waals surface area contributed by atoms with E-state index in [9.17, 15) is 19.8 Å². The Bertz CT molecular complexity index is 1050. The lowest BCUT2D eigenvalue weighted by Gasteiger charge is -2.72. The average Bonchev–Trinajstić information content (AvgIpc) is 3.31. The lowest BCUT2D eigenvalue weighted by molar-refractivity contribution is -0.257. The van der Waals surface area contributed by atoms with Crippen molar-refractivity contribution in [3.63, 3.8) is 0 Å². The molecule has 38 heavy (non-hydrogen) atoms. The zero-order chi connectivity index (χ0) is 27.7. The first-order chi connectivity index (χ1) is 17.6. The van der Waals surface area contributed by atoms with Gasteiger partial charge in [0.05, 0.1) is 12.0 Å². The molecule has 1 heterocycles. The summed E-state index contributed by atoms with van der Waals surface area (Å²) in [6.45, 7) is 15.0. The minimum Gasteiger partial charge on any atom is -0.462 e. The third kappa shape index (κ3) is 2.88. The molecule has 11 atom stereocenters. The summed E-state index contributed by atoms with van der Waals surface area (Å²) in [6, 6.07) is 0. The molecule has 2 bridgehead atoms. The second-order valence-electron chi connectivity index (χ2n) is 16.0. The van der Waals surface area contributed by atoms with Crippen LogP contribution in [-0.4, -0.2) is 46.1 Å². The van der Waals surface area contributed by atoms with Crippen molar-refractivity contribution in [3.05, 3.63) is 0 Å². The number of ether oxygens (including phenoxy) is 2. The number of aliphatic hydroxyl groups is 2. The van der Waals surface area contributed by atoms with E-state index in [1.807, 2.05) is 0 Å². The van der Waals surface area contributed by atoms with Crippen LogP contribution in [0.1, 0.15) is 113 Å². The molecule has 6 nitrogen and oxygen atoms in total. The van der Waals surface area contributed by atoms with Crippen molar-refractivity contribution in [2.75, 3.05) is 6.61 Å². The maximum Gasteiger partial charge on any atom is 0.313 e. The van der Waals surface area contributed by atoms with Crippen LogP contribution >= 0.6 is 0 Å². The largest absolute Gasteiger partial charge is 0.462 e. The molecule has 1 aliphatic heterocycles. The molecule has 214 valence electrons. The van der Waals surface area contributed by atoms with Gasteiger partial charge < -0.3 is 19.7 Å². The molecular formula is C32H50O6. The van der Waals surface area contributed by atoms with Crippen molar-refractivity contribution < 1.29 is 29.3 Å². The number of carbonyl (C=O) groups excluding carboxylic acids is 2. The zero-order valence-corrected chi connectivity index (χ0v) is 24.7. The molecule has 0 aromatic heterocycles. The van der Waals surface area contributed by atoms with E-state index in [1.165, 1.54) is 6.92 Å². The van der Waals surface area contributed by atoms with Crippen molar-refractivity contribution in [2.24, 2.45) is 50.7 Å². The molecule has 6 fully saturated rings. The maximum absolute atomic E-state index is 13.5. The van der Waals surface area contributed by atoms with Crippen LogP contribution in [0.2, 0.25) is 0 Å². The van der Waals surface area contributed by atoms with Crippen LogP contribution < -0.4 is 0 Å². The van der Waals surface area contributed by atoms with E-state index in [0.29, 0.717) is 18.3 Å². The van der Waals surface area contributed by atoms with Crippen molar-refractivity contribution in [1.82, 2.24) is 0 Å². The second-order valence-corrected chi connectivity index (χ2v) is 16.0. The highest BCUT2D eigenvalue weighted by molar-refractivity contribution is 5.82. The summed E-state index contributed by atoms with van der Waals surface area (Å²) in [5.74, 6) is 1.00. The van der Waals surface area contributed by atoms with E-state index in [0.717, 1.165) is 57.8 Å². The Morgan fingerprint density at radius 1 is 0.947 bits per heavy atom. The van der Waals surface area contributed by atoms with Gasteiger partial charge in [0, 0.05) is 18.3 Å².